The monoisotopic (exact) mass is 280 g/mol. The molecule has 1 aromatic rings. The molecule has 20 heavy (non-hydrogen) atoms. The molecular formula is C13H16N2O5. The van der Waals surface area contributed by atoms with Crippen LogP contribution in [0.25, 0.3) is 0 Å². The first kappa shape index (κ1) is 15.5. The number of nitrogens with one attached hydrogen (secondary N) is 1. The molecule has 1 unspecified atom stereocenters. The van der Waals surface area contributed by atoms with E-state index in [0.717, 1.165) is 0 Å². The number of aliphatic carboxylic acids is 1. The molecule has 0 saturated carbocycles. The van der Waals surface area contributed by atoms with Gasteiger partial charge in [-0.05, 0) is 24.1 Å². The minimum absolute atomic E-state index is 0.0267. The number of carbonyl (C=O) groups excluding carboxylic acids is 2. The Morgan fingerprint density at radius 2 is 2.00 bits per heavy atom. The normalized spacial score (nSPS) is 11.6. The number of carboxylic acids is 1. The van der Waals surface area contributed by atoms with Gasteiger partial charge in [-0.15, -0.1) is 0 Å². The fraction of sp³-hybridized carbons (Fsp3) is 0.308. The van der Waals surface area contributed by atoms with Crippen molar-refractivity contribution in [2.45, 2.75) is 25.3 Å². The quantitative estimate of drug-likeness (QED) is 0.548. The molecule has 7 nitrogen and oxygen atoms in total. The van der Waals surface area contributed by atoms with Crippen LogP contribution >= 0.6 is 0 Å². The zero-order chi connectivity index (χ0) is 15.1. The lowest BCUT2D eigenvalue weighted by Crippen LogP contribution is -2.42. The SMILES string of the molecule is NC(=O)CCC(NC(=O)Cc1cccc(O)c1)C(=O)O. The summed E-state index contributed by atoms with van der Waals surface area (Å²) in [5, 5.41) is 20.5. The molecular weight excluding hydrogens is 264 g/mol. The number of hydrogen-bond donors (Lipinski definition) is 4. The Morgan fingerprint density at radius 3 is 2.55 bits per heavy atom. The Balaban J connectivity index is 2.57. The van der Waals surface area contributed by atoms with Gasteiger partial charge in [0, 0.05) is 6.42 Å². The topological polar surface area (TPSA) is 130 Å². The number of carbonyl (C=O) groups is 3. The van der Waals surface area contributed by atoms with E-state index >= 15 is 0 Å². The van der Waals surface area contributed by atoms with Crippen molar-refractivity contribution in [2.24, 2.45) is 5.73 Å². The van der Waals surface area contributed by atoms with Gasteiger partial charge >= 0.3 is 5.97 Å². The lowest BCUT2D eigenvalue weighted by atomic mass is 10.1. The summed E-state index contributed by atoms with van der Waals surface area (Å²) in [5.41, 5.74) is 5.50. The van der Waals surface area contributed by atoms with Gasteiger partial charge in [-0.2, -0.15) is 0 Å². The van der Waals surface area contributed by atoms with Gasteiger partial charge in [0.1, 0.15) is 11.8 Å². The van der Waals surface area contributed by atoms with E-state index in [0.29, 0.717) is 5.56 Å². The summed E-state index contributed by atoms with van der Waals surface area (Å²) in [5.74, 6) is -2.33. The van der Waals surface area contributed by atoms with Crippen LogP contribution < -0.4 is 11.1 Å². The highest BCUT2D eigenvalue weighted by Crippen LogP contribution is 2.11. The lowest BCUT2D eigenvalue weighted by molar-refractivity contribution is -0.142. The molecule has 7 heteroatoms. The van der Waals surface area contributed by atoms with E-state index < -0.39 is 23.8 Å². The van der Waals surface area contributed by atoms with Gasteiger partial charge in [-0.25, -0.2) is 4.79 Å². The van der Waals surface area contributed by atoms with E-state index in [1.165, 1.54) is 12.1 Å². The van der Waals surface area contributed by atoms with E-state index in [1.807, 2.05) is 0 Å². The van der Waals surface area contributed by atoms with Crippen molar-refractivity contribution in [3.8, 4) is 5.75 Å². The smallest absolute Gasteiger partial charge is 0.326 e. The second kappa shape index (κ2) is 7.13. The average Bonchev–Trinajstić information content (AvgIpc) is 2.33. The molecule has 108 valence electrons. The average molecular weight is 280 g/mol. The Kier molecular flexibility index (Phi) is 5.52. The predicted molar refractivity (Wildman–Crippen MR) is 69.8 cm³/mol. The molecule has 1 atom stereocenters. The fourth-order valence-corrected chi connectivity index (χ4v) is 1.64. The number of hydrogen-bond acceptors (Lipinski definition) is 4. The van der Waals surface area contributed by atoms with Crippen molar-refractivity contribution >= 4 is 17.8 Å². The maximum absolute atomic E-state index is 11.7. The summed E-state index contributed by atoms with van der Waals surface area (Å²) < 4.78 is 0. The number of amides is 2. The molecule has 2 amide bonds. The number of phenols is 1. The van der Waals surface area contributed by atoms with Crippen LogP contribution in [0.3, 0.4) is 0 Å². The molecule has 5 N–H and O–H groups in total. The summed E-state index contributed by atoms with van der Waals surface area (Å²) >= 11 is 0. The number of rotatable bonds is 7. The van der Waals surface area contributed by atoms with Gasteiger partial charge < -0.3 is 21.3 Å². The number of aromatic hydroxyl groups is 1. The van der Waals surface area contributed by atoms with Crippen LogP contribution in [0.1, 0.15) is 18.4 Å². The molecule has 0 heterocycles. The second-order valence-electron chi connectivity index (χ2n) is 4.31. The molecule has 0 saturated heterocycles. The van der Waals surface area contributed by atoms with Crippen molar-refractivity contribution in [1.29, 1.82) is 0 Å². The minimum atomic E-state index is -1.23. The van der Waals surface area contributed by atoms with Crippen molar-refractivity contribution in [3.63, 3.8) is 0 Å². The van der Waals surface area contributed by atoms with Gasteiger partial charge in [0.25, 0.3) is 0 Å². The molecule has 0 aliphatic carbocycles. The van der Waals surface area contributed by atoms with Gasteiger partial charge in [-0.1, -0.05) is 12.1 Å². The van der Waals surface area contributed by atoms with E-state index in [4.69, 9.17) is 10.8 Å². The highest BCUT2D eigenvalue weighted by atomic mass is 16.4. The number of primary amides is 1. The first-order chi connectivity index (χ1) is 9.38. The van der Waals surface area contributed by atoms with Gasteiger partial charge in [0.05, 0.1) is 6.42 Å². The molecule has 0 aromatic heterocycles. The number of carboxylic acid groups (broad SMARTS) is 1. The van der Waals surface area contributed by atoms with Gasteiger partial charge in [0.15, 0.2) is 0 Å². The summed E-state index contributed by atoms with van der Waals surface area (Å²) in [6.45, 7) is 0. The Morgan fingerprint density at radius 1 is 1.30 bits per heavy atom. The molecule has 0 bridgehead atoms. The van der Waals surface area contributed by atoms with Crippen molar-refractivity contribution < 1.29 is 24.6 Å². The maximum atomic E-state index is 11.7. The van der Waals surface area contributed by atoms with Crippen molar-refractivity contribution in [1.82, 2.24) is 5.32 Å². The predicted octanol–water partition coefficient (Wildman–Crippen LogP) is -0.230. The first-order valence-electron chi connectivity index (χ1n) is 5.97. The van der Waals surface area contributed by atoms with E-state index in [-0.39, 0.29) is 25.0 Å². The zero-order valence-electron chi connectivity index (χ0n) is 10.7. The van der Waals surface area contributed by atoms with Crippen molar-refractivity contribution in [2.75, 3.05) is 0 Å². The van der Waals surface area contributed by atoms with Crippen LogP contribution in [0.5, 0.6) is 5.75 Å². The number of nitrogens with two attached hydrogens (primary N) is 1. The van der Waals surface area contributed by atoms with Gasteiger partial charge in [-0.3, -0.25) is 9.59 Å². The van der Waals surface area contributed by atoms with Crippen LogP contribution in [-0.2, 0) is 20.8 Å². The third kappa shape index (κ3) is 5.38. The standard InChI is InChI=1S/C13H16N2O5/c14-11(17)5-4-10(13(19)20)15-12(18)7-8-2-1-3-9(16)6-8/h1-3,6,10,16H,4-5,7H2,(H2,14,17)(H,15,18)(H,19,20). The van der Waals surface area contributed by atoms with Crippen LogP contribution in [0.15, 0.2) is 24.3 Å². The molecule has 0 radical (unpaired) electrons. The second-order valence-corrected chi connectivity index (χ2v) is 4.31. The summed E-state index contributed by atoms with van der Waals surface area (Å²) in [4.78, 5) is 33.3. The Hall–Kier alpha value is -2.57. The summed E-state index contributed by atoms with van der Waals surface area (Å²) in [7, 11) is 0. The maximum Gasteiger partial charge on any atom is 0.326 e. The van der Waals surface area contributed by atoms with Crippen LogP contribution in [-0.4, -0.2) is 34.0 Å². The highest BCUT2D eigenvalue weighted by molar-refractivity contribution is 5.85. The lowest BCUT2D eigenvalue weighted by Gasteiger charge is -2.13. The fourth-order valence-electron chi connectivity index (χ4n) is 1.64. The molecule has 0 aliphatic heterocycles. The molecule has 0 aliphatic rings. The largest absolute Gasteiger partial charge is 0.508 e. The van der Waals surface area contributed by atoms with E-state index in [1.54, 1.807) is 12.1 Å². The van der Waals surface area contributed by atoms with Crippen molar-refractivity contribution in [3.05, 3.63) is 29.8 Å². The van der Waals surface area contributed by atoms with E-state index in [9.17, 15) is 19.5 Å². The van der Waals surface area contributed by atoms with E-state index in [2.05, 4.69) is 5.32 Å². The van der Waals surface area contributed by atoms with Crippen LogP contribution in [0, 0.1) is 0 Å². The highest BCUT2D eigenvalue weighted by Gasteiger charge is 2.20. The Labute approximate surface area is 115 Å². The molecule has 0 fully saturated rings. The molecule has 1 rings (SSSR count). The summed E-state index contributed by atoms with van der Waals surface area (Å²) in [6, 6.07) is 4.94. The molecule has 0 spiro atoms. The first-order valence-corrected chi connectivity index (χ1v) is 5.97. The Bertz CT molecular complexity index is 515. The number of benzene rings is 1. The van der Waals surface area contributed by atoms with Crippen LogP contribution in [0.4, 0.5) is 0 Å². The van der Waals surface area contributed by atoms with Gasteiger partial charge in [0.2, 0.25) is 11.8 Å². The zero-order valence-corrected chi connectivity index (χ0v) is 10.7. The minimum Gasteiger partial charge on any atom is -0.508 e. The number of phenolic OH excluding ortho intramolecular Hbond substituents is 1. The summed E-state index contributed by atoms with van der Waals surface area (Å²) in [6.07, 6.45) is -0.241. The third-order valence-corrected chi connectivity index (χ3v) is 2.59. The third-order valence-electron chi connectivity index (χ3n) is 2.59. The molecule has 1 aromatic carbocycles. The van der Waals surface area contributed by atoms with Crippen LogP contribution in [0.2, 0.25) is 0 Å².